The van der Waals surface area contributed by atoms with E-state index in [4.69, 9.17) is 15.2 Å². The van der Waals surface area contributed by atoms with Crippen LogP contribution in [0.3, 0.4) is 0 Å². The van der Waals surface area contributed by atoms with Crippen molar-refractivity contribution < 1.29 is 9.47 Å². The van der Waals surface area contributed by atoms with Gasteiger partial charge in [-0.25, -0.2) is 9.98 Å². The molecule has 1 fully saturated rings. The zero-order valence-corrected chi connectivity index (χ0v) is 15.6. The number of anilines is 3. The molecule has 1 atom stereocenters. The van der Waals surface area contributed by atoms with Crippen molar-refractivity contribution in [2.24, 2.45) is 16.6 Å². The van der Waals surface area contributed by atoms with Crippen LogP contribution in [0.2, 0.25) is 0 Å². The summed E-state index contributed by atoms with van der Waals surface area (Å²) in [6.07, 6.45) is 6.78. The predicted molar refractivity (Wildman–Crippen MR) is 106 cm³/mol. The molecule has 2 heterocycles. The fraction of sp³-hybridized carbons (Fsp3) is 0.421. The van der Waals surface area contributed by atoms with Gasteiger partial charge in [-0.3, -0.25) is 0 Å². The first kappa shape index (κ1) is 17.4. The average molecular weight is 368 g/mol. The lowest BCUT2D eigenvalue weighted by Gasteiger charge is -2.34. The highest BCUT2D eigenvalue weighted by molar-refractivity contribution is 5.69. The lowest BCUT2D eigenvalue weighted by atomic mass is 10.1. The van der Waals surface area contributed by atoms with Gasteiger partial charge >= 0.3 is 0 Å². The fourth-order valence-electron chi connectivity index (χ4n) is 3.28. The first-order valence-electron chi connectivity index (χ1n) is 9.10. The third-order valence-corrected chi connectivity index (χ3v) is 5.00. The lowest BCUT2D eigenvalue weighted by Crippen LogP contribution is -2.41. The van der Waals surface area contributed by atoms with E-state index in [0.29, 0.717) is 30.0 Å². The number of nitrogens with one attached hydrogen (secondary N) is 1. The highest BCUT2D eigenvalue weighted by atomic mass is 16.5. The molecule has 0 radical (unpaired) electrons. The van der Waals surface area contributed by atoms with Crippen LogP contribution in [0.15, 0.2) is 29.4 Å². The fourth-order valence-corrected chi connectivity index (χ4v) is 3.28. The Labute approximate surface area is 158 Å². The minimum atomic E-state index is 0.362. The van der Waals surface area contributed by atoms with E-state index in [2.05, 4.69) is 32.2 Å². The van der Waals surface area contributed by atoms with Gasteiger partial charge in [-0.2, -0.15) is 4.98 Å². The average Bonchev–Trinajstić information content (AvgIpc) is 3.50. The number of nitrogens with two attached hydrogens (primary N) is 1. The zero-order chi connectivity index (χ0) is 18.8. The summed E-state index contributed by atoms with van der Waals surface area (Å²) in [6.45, 7) is 0.691. The van der Waals surface area contributed by atoms with Crippen LogP contribution < -0.4 is 25.4 Å². The standard InChI is InChI=1S/C19H24N6O2/c1-25-14(7-12-3-4-12)10-27-17-9-21-19(24-18(17)25)23-13-5-6-15(22-11-20)16(8-13)26-2/h5-6,8-9,11-12,14H,3-4,7,10H2,1-2H3,(H2,20,22)(H,21,23,24)/t14-/m0/s1. The summed E-state index contributed by atoms with van der Waals surface area (Å²) in [5, 5.41) is 3.22. The van der Waals surface area contributed by atoms with Crippen molar-refractivity contribution in [2.45, 2.75) is 25.3 Å². The summed E-state index contributed by atoms with van der Waals surface area (Å²) in [7, 11) is 3.67. The molecule has 0 spiro atoms. The summed E-state index contributed by atoms with van der Waals surface area (Å²) in [5.41, 5.74) is 6.83. The molecule has 0 bridgehead atoms. The summed E-state index contributed by atoms with van der Waals surface area (Å²) >= 11 is 0. The topological polar surface area (TPSA) is 97.9 Å². The molecule has 1 aromatic heterocycles. The maximum atomic E-state index is 5.88. The minimum absolute atomic E-state index is 0.362. The number of hydrogen-bond acceptors (Lipinski definition) is 7. The van der Waals surface area contributed by atoms with Gasteiger partial charge in [0.05, 0.1) is 25.7 Å². The molecule has 1 aliphatic carbocycles. The number of benzene rings is 1. The largest absolute Gasteiger partial charge is 0.494 e. The molecule has 2 aliphatic rings. The van der Waals surface area contributed by atoms with Gasteiger partial charge in [0.2, 0.25) is 5.95 Å². The van der Waals surface area contributed by atoms with E-state index in [0.717, 1.165) is 29.6 Å². The van der Waals surface area contributed by atoms with E-state index in [1.54, 1.807) is 13.3 Å². The first-order valence-corrected chi connectivity index (χ1v) is 9.10. The van der Waals surface area contributed by atoms with Crippen molar-refractivity contribution in [3.63, 3.8) is 0 Å². The molecule has 8 nitrogen and oxygen atoms in total. The summed E-state index contributed by atoms with van der Waals surface area (Å²) in [5.74, 6) is 3.50. The Bertz CT molecular complexity index is 852. The van der Waals surface area contributed by atoms with E-state index >= 15 is 0 Å². The normalized spacial score (nSPS) is 18.9. The van der Waals surface area contributed by atoms with Crippen LogP contribution in [0.25, 0.3) is 0 Å². The van der Waals surface area contributed by atoms with Gasteiger partial charge in [0.15, 0.2) is 11.6 Å². The number of likely N-dealkylation sites (N-methyl/N-ethyl adjacent to an activating group) is 1. The van der Waals surface area contributed by atoms with Gasteiger partial charge in [-0.15, -0.1) is 0 Å². The molecule has 2 aromatic rings. The van der Waals surface area contributed by atoms with Crippen LogP contribution in [-0.2, 0) is 0 Å². The number of fused-ring (bicyclic) bond motifs is 1. The van der Waals surface area contributed by atoms with Crippen molar-refractivity contribution >= 4 is 29.5 Å². The Morgan fingerprint density at radius 3 is 3.04 bits per heavy atom. The molecule has 0 unspecified atom stereocenters. The molecular weight excluding hydrogens is 344 g/mol. The van der Waals surface area contributed by atoms with Crippen LogP contribution in [0.4, 0.5) is 23.1 Å². The number of nitrogens with zero attached hydrogens (tertiary/aromatic N) is 4. The third kappa shape index (κ3) is 3.74. The van der Waals surface area contributed by atoms with E-state index in [-0.39, 0.29) is 0 Å². The summed E-state index contributed by atoms with van der Waals surface area (Å²) < 4.78 is 11.2. The van der Waals surface area contributed by atoms with E-state index in [1.165, 1.54) is 19.2 Å². The Morgan fingerprint density at radius 1 is 1.44 bits per heavy atom. The maximum absolute atomic E-state index is 5.88. The molecule has 1 aromatic carbocycles. The van der Waals surface area contributed by atoms with Gasteiger partial charge in [0, 0.05) is 18.8 Å². The van der Waals surface area contributed by atoms with Crippen LogP contribution in [0.1, 0.15) is 19.3 Å². The van der Waals surface area contributed by atoms with Crippen molar-refractivity contribution in [1.29, 1.82) is 0 Å². The van der Waals surface area contributed by atoms with Gasteiger partial charge in [0.1, 0.15) is 18.0 Å². The third-order valence-electron chi connectivity index (χ3n) is 5.00. The predicted octanol–water partition coefficient (Wildman–Crippen LogP) is 2.84. The van der Waals surface area contributed by atoms with Crippen LogP contribution >= 0.6 is 0 Å². The maximum Gasteiger partial charge on any atom is 0.229 e. The second kappa shape index (κ2) is 7.30. The smallest absolute Gasteiger partial charge is 0.229 e. The molecule has 3 N–H and O–H groups in total. The molecular formula is C19H24N6O2. The number of rotatable bonds is 6. The van der Waals surface area contributed by atoms with Gasteiger partial charge in [-0.1, -0.05) is 12.8 Å². The quantitative estimate of drug-likeness (QED) is 0.597. The molecule has 142 valence electrons. The number of methoxy groups -OCH3 is 1. The van der Waals surface area contributed by atoms with Gasteiger partial charge in [0.25, 0.3) is 0 Å². The van der Waals surface area contributed by atoms with Crippen LogP contribution in [0, 0.1) is 5.92 Å². The second-order valence-electron chi connectivity index (χ2n) is 6.93. The molecule has 0 amide bonds. The van der Waals surface area contributed by atoms with Crippen LogP contribution in [0.5, 0.6) is 11.5 Å². The summed E-state index contributed by atoms with van der Waals surface area (Å²) in [4.78, 5) is 15.3. The first-order chi connectivity index (χ1) is 13.2. The van der Waals surface area contributed by atoms with Crippen LogP contribution in [-0.4, -0.2) is 43.1 Å². The van der Waals surface area contributed by atoms with Crippen molar-refractivity contribution in [3.8, 4) is 11.5 Å². The minimum Gasteiger partial charge on any atom is -0.494 e. The Balaban J connectivity index is 1.54. The highest BCUT2D eigenvalue weighted by Crippen LogP contribution is 2.39. The van der Waals surface area contributed by atoms with E-state index < -0.39 is 0 Å². The summed E-state index contributed by atoms with van der Waals surface area (Å²) in [6, 6.07) is 5.90. The van der Waals surface area contributed by atoms with E-state index in [1.807, 2.05) is 18.2 Å². The Morgan fingerprint density at radius 2 is 2.30 bits per heavy atom. The van der Waals surface area contributed by atoms with Gasteiger partial charge < -0.3 is 25.4 Å². The molecule has 27 heavy (non-hydrogen) atoms. The molecule has 1 saturated carbocycles. The van der Waals surface area contributed by atoms with Gasteiger partial charge in [-0.05, 0) is 24.5 Å². The number of ether oxygens (including phenoxy) is 2. The Hall–Kier alpha value is -3.03. The highest BCUT2D eigenvalue weighted by Gasteiger charge is 2.32. The molecule has 0 saturated heterocycles. The van der Waals surface area contributed by atoms with Crippen molar-refractivity contribution in [1.82, 2.24) is 9.97 Å². The molecule has 8 heteroatoms. The Kier molecular flexibility index (Phi) is 4.70. The SMILES string of the molecule is COc1cc(Nc2ncc3c(n2)N(C)[C@@H](CC2CC2)CO3)ccc1N=CN. The van der Waals surface area contributed by atoms with Crippen molar-refractivity contribution in [2.75, 3.05) is 31.0 Å². The lowest BCUT2D eigenvalue weighted by molar-refractivity contribution is 0.252. The van der Waals surface area contributed by atoms with E-state index in [9.17, 15) is 0 Å². The zero-order valence-electron chi connectivity index (χ0n) is 15.6. The number of aliphatic imine (C=N–C) groups is 1. The monoisotopic (exact) mass is 368 g/mol. The molecule has 4 rings (SSSR count). The number of hydrogen-bond donors (Lipinski definition) is 2. The molecule has 1 aliphatic heterocycles. The van der Waals surface area contributed by atoms with Crippen molar-refractivity contribution in [3.05, 3.63) is 24.4 Å². The number of aromatic nitrogens is 2. The second-order valence-corrected chi connectivity index (χ2v) is 6.93.